The summed E-state index contributed by atoms with van der Waals surface area (Å²) in [5.74, 6) is 0. The topological polar surface area (TPSA) is 30.2 Å². The number of nitrogens with zero attached hydrogens (tertiary/aromatic N) is 3. The van der Waals surface area contributed by atoms with Crippen molar-refractivity contribution in [3.05, 3.63) is 65.2 Å². The van der Waals surface area contributed by atoms with E-state index in [9.17, 15) is 0 Å². The van der Waals surface area contributed by atoms with E-state index in [1.165, 1.54) is 11.1 Å². The Morgan fingerprint density at radius 1 is 0.952 bits per heavy atom. The number of fused-ring (bicyclic) bond motifs is 1. The number of hydrogen-bond acceptors (Lipinski definition) is 3. The summed E-state index contributed by atoms with van der Waals surface area (Å²) in [6.07, 6.45) is 5.82. The van der Waals surface area contributed by atoms with Crippen molar-refractivity contribution in [1.29, 1.82) is 0 Å². The van der Waals surface area contributed by atoms with Gasteiger partial charge < -0.3 is 0 Å². The number of benzene rings is 1. The fourth-order valence-electron chi connectivity index (χ4n) is 2.39. The van der Waals surface area contributed by atoms with E-state index in [2.05, 4.69) is 58.1 Å². The zero-order valence-corrected chi connectivity index (χ0v) is 12.3. The van der Waals surface area contributed by atoms with Gasteiger partial charge in [-0.05, 0) is 34.9 Å². The van der Waals surface area contributed by atoms with Gasteiger partial charge in [0.15, 0.2) is 5.65 Å². The molecule has 0 saturated heterocycles. The molecule has 0 radical (unpaired) electrons. The second kappa shape index (κ2) is 4.82. The van der Waals surface area contributed by atoms with Gasteiger partial charge >= 0.3 is 0 Å². The molecule has 3 aromatic heterocycles. The lowest BCUT2D eigenvalue weighted by Gasteiger charge is -2.03. The molecule has 3 heterocycles. The molecule has 3 nitrogen and oxygen atoms in total. The lowest BCUT2D eigenvalue weighted by Crippen LogP contribution is -1.92. The largest absolute Gasteiger partial charge is 0.236 e. The number of rotatable bonds is 2. The fraction of sp³-hybridized carbons (Fsp3) is 0.0588. The van der Waals surface area contributed by atoms with Crippen LogP contribution in [0.15, 0.2) is 59.7 Å². The van der Waals surface area contributed by atoms with E-state index in [-0.39, 0.29) is 0 Å². The van der Waals surface area contributed by atoms with Gasteiger partial charge in [0.05, 0.1) is 6.20 Å². The molecule has 0 aliphatic carbocycles. The maximum absolute atomic E-state index is 4.60. The summed E-state index contributed by atoms with van der Waals surface area (Å²) >= 11 is 1.68. The minimum Gasteiger partial charge on any atom is -0.236 e. The van der Waals surface area contributed by atoms with Crippen LogP contribution in [0.1, 0.15) is 5.56 Å². The van der Waals surface area contributed by atoms with E-state index in [0.717, 1.165) is 22.3 Å². The zero-order chi connectivity index (χ0) is 14.2. The Hall–Kier alpha value is -2.46. The Balaban J connectivity index is 1.83. The standard InChI is InChI=1S/C17H13N3S/c1-12-2-4-13(5-3-12)15-8-18-17-16(9-19-20(17)10-15)14-6-7-21-11-14/h2-11H,1H3. The van der Waals surface area contributed by atoms with Gasteiger partial charge in [0, 0.05) is 23.5 Å². The van der Waals surface area contributed by atoms with Crippen LogP contribution in [-0.4, -0.2) is 14.6 Å². The van der Waals surface area contributed by atoms with Crippen LogP contribution in [0.3, 0.4) is 0 Å². The van der Waals surface area contributed by atoms with Crippen molar-refractivity contribution in [2.45, 2.75) is 6.92 Å². The van der Waals surface area contributed by atoms with Crippen LogP contribution in [0.5, 0.6) is 0 Å². The van der Waals surface area contributed by atoms with Gasteiger partial charge in [0.1, 0.15) is 0 Å². The van der Waals surface area contributed by atoms with Gasteiger partial charge in [-0.3, -0.25) is 0 Å². The first-order chi connectivity index (χ1) is 10.3. The van der Waals surface area contributed by atoms with Crippen molar-refractivity contribution >= 4 is 17.0 Å². The van der Waals surface area contributed by atoms with Gasteiger partial charge in [0.25, 0.3) is 0 Å². The Labute approximate surface area is 126 Å². The monoisotopic (exact) mass is 291 g/mol. The summed E-state index contributed by atoms with van der Waals surface area (Å²) in [4.78, 5) is 4.60. The van der Waals surface area contributed by atoms with E-state index in [4.69, 9.17) is 0 Å². The molecule has 4 rings (SSSR count). The maximum Gasteiger partial charge on any atom is 0.162 e. The van der Waals surface area contributed by atoms with Crippen LogP contribution in [0, 0.1) is 6.92 Å². The Bertz CT molecular complexity index is 890. The molecule has 0 N–H and O–H groups in total. The third-order valence-corrected chi connectivity index (χ3v) is 4.26. The molecule has 21 heavy (non-hydrogen) atoms. The van der Waals surface area contributed by atoms with E-state index in [1.54, 1.807) is 11.3 Å². The first-order valence-corrected chi connectivity index (χ1v) is 7.68. The average molecular weight is 291 g/mol. The highest BCUT2D eigenvalue weighted by molar-refractivity contribution is 7.08. The summed E-state index contributed by atoms with van der Waals surface area (Å²) in [5, 5.41) is 8.62. The summed E-state index contributed by atoms with van der Waals surface area (Å²) < 4.78 is 1.85. The fourth-order valence-corrected chi connectivity index (χ4v) is 3.05. The predicted octanol–water partition coefficient (Wildman–Crippen LogP) is 4.43. The third-order valence-electron chi connectivity index (χ3n) is 3.57. The molecule has 0 fully saturated rings. The van der Waals surface area contributed by atoms with Gasteiger partial charge in [-0.25, -0.2) is 9.50 Å². The SMILES string of the molecule is Cc1ccc(-c2cnc3c(-c4ccsc4)cnn3c2)cc1. The second-order valence-electron chi connectivity index (χ2n) is 5.05. The normalized spacial score (nSPS) is 11.1. The molecule has 0 aliphatic rings. The van der Waals surface area contributed by atoms with Crippen LogP contribution in [0.2, 0.25) is 0 Å². The first kappa shape index (κ1) is 12.3. The number of aryl methyl sites for hydroxylation is 1. The van der Waals surface area contributed by atoms with E-state index in [0.29, 0.717) is 0 Å². The summed E-state index contributed by atoms with van der Waals surface area (Å²) in [7, 11) is 0. The molecule has 4 heteroatoms. The van der Waals surface area contributed by atoms with Gasteiger partial charge in [-0.2, -0.15) is 16.4 Å². The minimum absolute atomic E-state index is 0.893. The molecule has 0 saturated carbocycles. The predicted molar refractivity (Wildman–Crippen MR) is 86.5 cm³/mol. The molecular formula is C17H13N3S. The Kier molecular flexibility index (Phi) is 2.82. The lowest BCUT2D eigenvalue weighted by atomic mass is 10.1. The first-order valence-electron chi connectivity index (χ1n) is 6.74. The average Bonchev–Trinajstić information content (AvgIpc) is 3.16. The molecule has 4 aromatic rings. The summed E-state index contributed by atoms with van der Waals surface area (Å²) in [6, 6.07) is 10.5. The van der Waals surface area contributed by atoms with Crippen molar-refractivity contribution in [3.8, 4) is 22.3 Å². The van der Waals surface area contributed by atoms with Gasteiger partial charge in [-0.1, -0.05) is 29.8 Å². The highest BCUT2D eigenvalue weighted by Crippen LogP contribution is 2.27. The van der Waals surface area contributed by atoms with Crippen molar-refractivity contribution in [3.63, 3.8) is 0 Å². The van der Waals surface area contributed by atoms with Crippen LogP contribution in [0.4, 0.5) is 0 Å². The molecular weight excluding hydrogens is 278 g/mol. The summed E-state index contributed by atoms with van der Waals surface area (Å²) in [5.41, 5.74) is 6.62. The number of thiophene rings is 1. The van der Waals surface area contributed by atoms with Crippen LogP contribution < -0.4 is 0 Å². The Morgan fingerprint density at radius 3 is 2.57 bits per heavy atom. The Morgan fingerprint density at radius 2 is 1.81 bits per heavy atom. The van der Waals surface area contributed by atoms with Crippen LogP contribution in [-0.2, 0) is 0 Å². The molecule has 1 aromatic carbocycles. The highest BCUT2D eigenvalue weighted by Gasteiger charge is 2.09. The van der Waals surface area contributed by atoms with Gasteiger partial charge in [-0.15, -0.1) is 0 Å². The second-order valence-corrected chi connectivity index (χ2v) is 5.83. The van der Waals surface area contributed by atoms with E-state index in [1.807, 2.05) is 23.1 Å². The third kappa shape index (κ3) is 2.14. The lowest BCUT2D eigenvalue weighted by molar-refractivity contribution is 0.941. The molecule has 0 amide bonds. The molecule has 0 atom stereocenters. The summed E-state index contributed by atoms with van der Waals surface area (Å²) in [6.45, 7) is 2.09. The quantitative estimate of drug-likeness (QED) is 0.547. The highest BCUT2D eigenvalue weighted by atomic mass is 32.1. The van der Waals surface area contributed by atoms with E-state index >= 15 is 0 Å². The van der Waals surface area contributed by atoms with E-state index < -0.39 is 0 Å². The molecule has 102 valence electrons. The number of aromatic nitrogens is 3. The molecule has 0 spiro atoms. The van der Waals surface area contributed by atoms with Crippen LogP contribution in [0.25, 0.3) is 27.9 Å². The van der Waals surface area contributed by atoms with Crippen molar-refractivity contribution in [2.24, 2.45) is 0 Å². The minimum atomic E-state index is 0.893. The van der Waals surface area contributed by atoms with Crippen LogP contribution >= 0.6 is 11.3 Å². The smallest absolute Gasteiger partial charge is 0.162 e. The van der Waals surface area contributed by atoms with Crippen molar-refractivity contribution < 1.29 is 0 Å². The molecule has 0 unspecified atom stereocenters. The maximum atomic E-state index is 4.60. The van der Waals surface area contributed by atoms with Crippen molar-refractivity contribution in [2.75, 3.05) is 0 Å². The van der Waals surface area contributed by atoms with Gasteiger partial charge in [0.2, 0.25) is 0 Å². The molecule has 0 bridgehead atoms. The van der Waals surface area contributed by atoms with Crippen molar-refractivity contribution in [1.82, 2.24) is 14.6 Å². The molecule has 0 aliphatic heterocycles. The number of hydrogen-bond donors (Lipinski definition) is 0. The zero-order valence-electron chi connectivity index (χ0n) is 11.5.